The molecule has 0 spiro atoms. The molecule has 3 nitrogen and oxygen atoms in total. The Bertz CT molecular complexity index is 391. The quantitative estimate of drug-likeness (QED) is 0.755. The van der Waals surface area contributed by atoms with Gasteiger partial charge in [0, 0.05) is 24.7 Å². The van der Waals surface area contributed by atoms with Gasteiger partial charge in [-0.1, -0.05) is 13.0 Å². The molecule has 4 heteroatoms. The third-order valence-corrected chi connectivity index (χ3v) is 2.70. The highest BCUT2D eigenvalue weighted by Gasteiger charge is 2.15. The zero-order valence-electron chi connectivity index (χ0n) is 11.4. The van der Waals surface area contributed by atoms with E-state index in [2.05, 4.69) is 35.6 Å². The molecule has 0 aliphatic heterocycles. The zero-order chi connectivity index (χ0) is 13.5. The van der Waals surface area contributed by atoms with Gasteiger partial charge in [-0.25, -0.2) is 9.37 Å². The van der Waals surface area contributed by atoms with Crippen molar-refractivity contribution in [2.75, 3.05) is 18.0 Å². The minimum atomic E-state index is -0.297. The summed E-state index contributed by atoms with van der Waals surface area (Å²) in [4.78, 5) is 6.34. The summed E-state index contributed by atoms with van der Waals surface area (Å²) in [6.07, 6.45) is 3.10. The molecule has 0 aromatic carbocycles. The molecule has 0 saturated heterocycles. The van der Waals surface area contributed by atoms with Gasteiger partial charge in [0.25, 0.3) is 0 Å². The smallest absolute Gasteiger partial charge is 0.141 e. The fraction of sp³-hybridized carbons (Fsp3) is 0.500. The van der Waals surface area contributed by atoms with Crippen molar-refractivity contribution >= 4 is 5.82 Å². The van der Waals surface area contributed by atoms with Crippen LogP contribution in [0.5, 0.6) is 0 Å². The van der Waals surface area contributed by atoms with Crippen molar-refractivity contribution in [2.45, 2.75) is 33.4 Å². The van der Waals surface area contributed by atoms with Crippen molar-refractivity contribution in [3.63, 3.8) is 0 Å². The molecule has 0 aliphatic carbocycles. The first-order valence-electron chi connectivity index (χ1n) is 6.32. The minimum Gasteiger partial charge on any atom is -0.350 e. The van der Waals surface area contributed by atoms with E-state index in [0.717, 1.165) is 17.9 Å². The van der Waals surface area contributed by atoms with E-state index in [1.807, 2.05) is 13.0 Å². The summed E-state index contributed by atoms with van der Waals surface area (Å²) >= 11 is 0. The lowest BCUT2D eigenvalue weighted by Crippen LogP contribution is -2.33. The summed E-state index contributed by atoms with van der Waals surface area (Å²) in [5.41, 5.74) is 0.882. The van der Waals surface area contributed by atoms with Gasteiger partial charge in [-0.05, 0) is 26.5 Å². The Morgan fingerprint density at radius 1 is 1.56 bits per heavy atom. The molecule has 1 aromatic rings. The van der Waals surface area contributed by atoms with E-state index >= 15 is 0 Å². The van der Waals surface area contributed by atoms with E-state index in [9.17, 15) is 4.39 Å². The lowest BCUT2D eigenvalue weighted by atomic mass is 10.2. The number of anilines is 1. The van der Waals surface area contributed by atoms with Gasteiger partial charge in [-0.3, -0.25) is 0 Å². The predicted octanol–water partition coefficient (Wildman–Crippen LogP) is 2.73. The Labute approximate surface area is 109 Å². The van der Waals surface area contributed by atoms with Crippen LogP contribution in [0.2, 0.25) is 0 Å². The molecule has 1 heterocycles. The van der Waals surface area contributed by atoms with Crippen molar-refractivity contribution in [1.29, 1.82) is 0 Å². The molecule has 0 atom stereocenters. The minimum absolute atomic E-state index is 0.293. The SMILES string of the molecule is C=CCN(c1ncc(F)cc1CNCC)C(C)C. The third kappa shape index (κ3) is 3.81. The van der Waals surface area contributed by atoms with Gasteiger partial charge >= 0.3 is 0 Å². The van der Waals surface area contributed by atoms with Gasteiger partial charge in [-0.15, -0.1) is 6.58 Å². The average molecular weight is 251 g/mol. The summed E-state index contributed by atoms with van der Waals surface area (Å²) in [7, 11) is 0. The molecule has 1 N–H and O–H groups in total. The van der Waals surface area contributed by atoms with Crippen LogP contribution in [0.1, 0.15) is 26.3 Å². The second-order valence-electron chi connectivity index (χ2n) is 4.45. The largest absolute Gasteiger partial charge is 0.350 e. The Morgan fingerprint density at radius 3 is 2.83 bits per heavy atom. The highest BCUT2D eigenvalue weighted by atomic mass is 19.1. The molecule has 0 amide bonds. The Hall–Kier alpha value is -1.42. The molecule has 1 rings (SSSR count). The number of pyridine rings is 1. The predicted molar refractivity (Wildman–Crippen MR) is 74.3 cm³/mol. The van der Waals surface area contributed by atoms with Crippen LogP contribution < -0.4 is 10.2 Å². The Morgan fingerprint density at radius 2 is 2.28 bits per heavy atom. The number of hydrogen-bond donors (Lipinski definition) is 1. The molecule has 0 radical (unpaired) electrons. The second kappa shape index (κ2) is 7.11. The van der Waals surface area contributed by atoms with Gasteiger partial charge in [0.2, 0.25) is 0 Å². The van der Waals surface area contributed by atoms with Gasteiger partial charge < -0.3 is 10.2 Å². The van der Waals surface area contributed by atoms with Crippen LogP contribution in [0.25, 0.3) is 0 Å². The third-order valence-electron chi connectivity index (χ3n) is 2.70. The fourth-order valence-corrected chi connectivity index (χ4v) is 1.80. The zero-order valence-corrected chi connectivity index (χ0v) is 11.4. The van der Waals surface area contributed by atoms with E-state index in [4.69, 9.17) is 0 Å². The number of nitrogens with one attached hydrogen (secondary N) is 1. The van der Waals surface area contributed by atoms with E-state index < -0.39 is 0 Å². The van der Waals surface area contributed by atoms with Crippen LogP contribution in [0, 0.1) is 5.82 Å². The number of hydrogen-bond acceptors (Lipinski definition) is 3. The van der Waals surface area contributed by atoms with Gasteiger partial charge in [0.05, 0.1) is 6.20 Å². The van der Waals surface area contributed by atoms with Crippen molar-refractivity contribution < 1.29 is 4.39 Å². The molecule has 18 heavy (non-hydrogen) atoms. The van der Waals surface area contributed by atoms with Gasteiger partial charge in [-0.2, -0.15) is 0 Å². The van der Waals surface area contributed by atoms with E-state index in [1.54, 1.807) is 6.07 Å². The standard InChI is InChI=1S/C14H22FN3/c1-5-7-18(11(3)4)14-12(9-16-6-2)8-13(15)10-17-14/h5,8,10-11,16H,1,6-7,9H2,2-4H3. The summed E-state index contributed by atoms with van der Waals surface area (Å²) in [6.45, 7) is 12.1. The first-order valence-corrected chi connectivity index (χ1v) is 6.32. The molecule has 0 saturated carbocycles. The molecule has 100 valence electrons. The first-order chi connectivity index (χ1) is 8.60. The Kier molecular flexibility index (Phi) is 5.78. The lowest BCUT2D eigenvalue weighted by molar-refractivity contribution is 0.609. The van der Waals surface area contributed by atoms with E-state index in [0.29, 0.717) is 19.1 Å². The Balaban J connectivity index is 3.06. The fourth-order valence-electron chi connectivity index (χ4n) is 1.80. The number of halogens is 1. The highest BCUT2D eigenvalue weighted by molar-refractivity contribution is 5.48. The van der Waals surface area contributed by atoms with Crippen molar-refractivity contribution in [2.24, 2.45) is 0 Å². The van der Waals surface area contributed by atoms with Gasteiger partial charge in [0.1, 0.15) is 11.6 Å². The van der Waals surface area contributed by atoms with Crippen molar-refractivity contribution in [1.82, 2.24) is 10.3 Å². The maximum Gasteiger partial charge on any atom is 0.141 e. The number of rotatable bonds is 7. The normalized spacial score (nSPS) is 10.7. The molecule has 1 aromatic heterocycles. The summed E-state index contributed by atoms with van der Waals surface area (Å²) in [5, 5.41) is 3.21. The monoisotopic (exact) mass is 251 g/mol. The van der Waals surface area contributed by atoms with Crippen molar-refractivity contribution in [3.05, 3.63) is 36.3 Å². The van der Waals surface area contributed by atoms with E-state index in [-0.39, 0.29) is 5.82 Å². The molecule has 0 fully saturated rings. The van der Waals surface area contributed by atoms with Crippen LogP contribution >= 0.6 is 0 Å². The van der Waals surface area contributed by atoms with E-state index in [1.165, 1.54) is 6.20 Å². The van der Waals surface area contributed by atoms with Crippen LogP contribution in [-0.4, -0.2) is 24.1 Å². The summed E-state index contributed by atoms with van der Waals surface area (Å²) in [5.74, 6) is 0.529. The molecule has 0 bridgehead atoms. The topological polar surface area (TPSA) is 28.2 Å². The second-order valence-corrected chi connectivity index (χ2v) is 4.45. The molecule has 0 aliphatic rings. The molecular weight excluding hydrogens is 229 g/mol. The molecular formula is C14H22FN3. The van der Waals surface area contributed by atoms with Crippen LogP contribution in [0.3, 0.4) is 0 Å². The summed E-state index contributed by atoms with van der Waals surface area (Å²) < 4.78 is 13.3. The van der Waals surface area contributed by atoms with Crippen LogP contribution in [0.15, 0.2) is 24.9 Å². The molecule has 0 unspecified atom stereocenters. The average Bonchev–Trinajstić information content (AvgIpc) is 2.34. The number of aromatic nitrogens is 1. The van der Waals surface area contributed by atoms with Gasteiger partial charge in [0.15, 0.2) is 0 Å². The van der Waals surface area contributed by atoms with Crippen molar-refractivity contribution in [3.8, 4) is 0 Å². The maximum atomic E-state index is 13.3. The highest BCUT2D eigenvalue weighted by Crippen LogP contribution is 2.20. The van der Waals surface area contributed by atoms with Crippen LogP contribution in [0.4, 0.5) is 10.2 Å². The summed E-state index contributed by atoms with van der Waals surface area (Å²) in [6, 6.07) is 1.84. The van der Waals surface area contributed by atoms with Crippen LogP contribution in [-0.2, 0) is 6.54 Å². The first kappa shape index (κ1) is 14.6. The maximum absolute atomic E-state index is 13.3. The number of nitrogens with zero attached hydrogens (tertiary/aromatic N) is 2. The lowest BCUT2D eigenvalue weighted by Gasteiger charge is -2.28.